The molecule has 1 N–H and O–H groups in total. The molecule has 6 heteroatoms. The van der Waals surface area contributed by atoms with Crippen LogP contribution in [0.3, 0.4) is 0 Å². The van der Waals surface area contributed by atoms with Gasteiger partial charge in [0.2, 0.25) is 0 Å². The second kappa shape index (κ2) is 7.27. The van der Waals surface area contributed by atoms with Crippen molar-refractivity contribution in [2.24, 2.45) is 0 Å². The fourth-order valence-electron chi connectivity index (χ4n) is 1.53. The molecule has 0 aliphatic carbocycles. The molecular weight excluding hydrogens is 248 g/mol. The van der Waals surface area contributed by atoms with Crippen LogP contribution in [0.25, 0.3) is 6.08 Å². The number of benzene rings is 1. The summed E-state index contributed by atoms with van der Waals surface area (Å²) in [6.45, 7) is 0.817. The predicted molar refractivity (Wildman–Crippen MR) is 72.0 cm³/mol. The summed E-state index contributed by atoms with van der Waals surface area (Å²) >= 11 is 0. The number of nitrogens with zero attached hydrogens (tertiary/aromatic N) is 1. The zero-order valence-electron chi connectivity index (χ0n) is 10.9. The number of rotatable bonds is 6. The molecule has 1 aromatic carbocycles. The summed E-state index contributed by atoms with van der Waals surface area (Å²) in [6.07, 6.45) is 4.45. The van der Waals surface area contributed by atoms with Crippen LogP contribution in [0.2, 0.25) is 0 Å². The molecule has 0 bridgehead atoms. The van der Waals surface area contributed by atoms with Crippen LogP contribution in [0.4, 0.5) is 5.69 Å². The monoisotopic (exact) mass is 264 g/mol. The Labute approximate surface area is 111 Å². The molecule has 0 aromatic heterocycles. The van der Waals surface area contributed by atoms with Crippen LogP contribution < -0.4 is 5.32 Å². The molecule has 1 rings (SSSR count). The number of ether oxygens (including phenoxy) is 1. The topological polar surface area (TPSA) is 81.5 Å². The Balaban J connectivity index is 3.05. The quantitative estimate of drug-likeness (QED) is 0.368. The molecule has 0 fully saturated rings. The van der Waals surface area contributed by atoms with Crippen molar-refractivity contribution in [3.05, 3.63) is 45.5 Å². The Morgan fingerprint density at radius 1 is 1.53 bits per heavy atom. The van der Waals surface area contributed by atoms with E-state index < -0.39 is 10.9 Å². The van der Waals surface area contributed by atoms with Crippen LogP contribution in [0.5, 0.6) is 0 Å². The highest BCUT2D eigenvalue weighted by atomic mass is 16.6. The molecule has 0 aliphatic rings. The maximum absolute atomic E-state index is 11.6. The van der Waals surface area contributed by atoms with E-state index in [2.05, 4.69) is 10.1 Å². The molecule has 0 heterocycles. The average Bonchev–Trinajstić information content (AvgIpc) is 2.42. The van der Waals surface area contributed by atoms with Gasteiger partial charge in [-0.3, -0.25) is 10.1 Å². The van der Waals surface area contributed by atoms with Crippen molar-refractivity contribution in [3.8, 4) is 0 Å². The number of hydrogen-bond acceptors (Lipinski definition) is 5. The van der Waals surface area contributed by atoms with Crippen molar-refractivity contribution in [1.29, 1.82) is 0 Å². The number of carbonyl (C=O) groups is 1. The van der Waals surface area contributed by atoms with E-state index in [9.17, 15) is 14.9 Å². The molecule has 0 amide bonds. The summed E-state index contributed by atoms with van der Waals surface area (Å²) in [5.74, 6) is -0.586. The van der Waals surface area contributed by atoms with Crippen LogP contribution in [0.15, 0.2) is 24.3 Å². The number of non-ortho nitro benzene ring substituents is 1. The Hall–Kier alpha value is -2.21. The largest absolute Gasteiger partial charge is 0.465 e. The molecule has 19 heavy (non-hydrogen) atoms. The summed E-state index contributed by atoms with van der Waals surface area (Å²) < 4.78 is 4.63. The molecule has 0 atom stereocenters. The predicted octanol–water partition coefficient (Wildman–Crippen LogP) is 2.00. The van der Waals surface area contributed by atoms with E-state index in [1.165, 1.54) is 19.2 Å². The normalized spacial score (nSPS) is 10.6. The number of hydrogen-bond donors (Lipinski definition) is 1. The average molecular weight is 264 g/mol. The van der Waals surface area contributed by atoms with Crippen LogP contribution in [0.1, 0.15) is 22.3 Å². The number of carbonyl (C=O) groups excluding carboxylic acids is 1. The molecule has 6 nitrogen and oxygen atoms in total. The van der Waals surface area contributed by atoms with Crippen molar-refractivity contribution >= 4 is 17.7 Å². The summed E-state index contributed by atoms with van der Waals surface area (Å²) in [4.78, 5) is 21.8. The molecule has 0 spiro atoms. The van der Waals surface area contributed by atoms with Crippen molar-refractivity contribution in [1.82, 2.24) is 5.32 Å². The van der Waals surface area contributed by atoms with Crippen molar-refractivity contribution in [2.45, 2.75) is 6.42 Å². The van der Waals surface area contributed by atoms with Crippen molar-refractivity contribution < 1.29 is 14.5 Å². The number of methoxy groups -OCH3 is 1. The molecule has 0 unspecified atom stereocenters. The summed E-state index contributed by atoms with van der Waals surface area (Å²) in [5, 5.41) is 13.7. The maximum Gasteiger partial charge on any atom is 0.338 e. The van der Waals surface area contributed by atoms with E-state index in [4.69, 9.17) is 0 Å². The zero-order valence-corrected chi connectivity index (χ0v) is 10.9. The molecule has 0 saturated heterocycles. The Morgan fingerprint density at radius 2 is 2.26 bits per heavy atom. The Morgan fingerprint density at radius 3 is 2.84 bits per heavy atom. The van der Waals surface area contributed by atoms with Gasteiger partial charge in [-0.05, 0) is 31.6 Å². The van der Waals surface area contributed by atoms with Gasteiger partial charge in [-0.2, -0.15) is 0 Å². The van der Waals surface area contributed by atoms with E-state index in [-0.39, 0.29) is 11.3 Å². The SMILES string of the molecule is CNCCC=Cc1ccc([N+](=O)[O-])cc1C(=O)OC. The van der Waals surface area contributed by atoms with Gasteiger partial charge in [0, 0.05) is 12.1 Å². The zero-order chi connectivity index (χ0) is 14.3. The van der Waals surface area contributed by atoms with Gasteiger partial charge >= 0.3 is 5.97 Å². The third-order valence-corrected chi connectivity index (χ3v) is 2.51. The lowest BCUT2D eigenvalue weighted by molar-refractivity contribution is -0.384. The number of nitrogens with one attached hydrogen (secondary N) is 1. The summed E-state index contributed by atoms with van der Waals surface area (Å²) in [6, 6.07) is 4.13. The highest BCUT2D eigenvalue weighted by molar-refractivity contribution is 5.94. The number of esters is 1. The third-order valence-electron chi connectivity index (χ3n) is 2.51. The van der Waals surface area contributed by atoms with E-state index in [1.54, 1.807) is 12.1 Å². The lowest BCUT2D eigenvalue weighted by Crippen LogP contribution is -2.06. The second-order valence-corrected chi connectivity index (χ2v) is 3.81. The fourth-order valence-corrected chi connectivity index (χ4v) is 1.53. The first-order chi connectivity index (χ1) is 9.10. The third kappa shape index (κ3) is 4.18. The Kier molecular flexibility index (Phi) is 5.69. The van der Waals surface area contributed by atoms with Gasteiger partial charge in [0.1, 0.15) is 0 Å². The van der Waals surface area contributed by atoms with Crippen molar-refractivity contribution in [3.63, 3.8) is 0 Å². The standard InChI is InChI=1S/C13H16N2O4/c1-14-8-4-3-5-10-6-7-11(15(17)18)9-12(10)13(16)19-2/h3,5-7,9,14H,4,8H2,1-2H3. The molecule has 102 valence electrons. The van der Waals surface area contributed by atoms with Crippen molar-refractivity contribution in [2.75, 3.05) is 20.7 Å². The van der Waals surface area contributed by atoms with Crippen LogP contribution in [0, 0.1) is 10.1 Å². The first-order valence-electron chi connectivity index (χ1n) is 5.78. The van der Waals surface area contributed by atoms with Gasteiger partial charge in [0.25, 0.3) is 5.69 Å². The van der Waals surface area contributed by atoms with E-state index in [0.29, 0.717) is 5.56 Å². The fraction of sp³-hybridized carbons (Fsp3) is 0.308. The lowest BCUT2D eigenvalue weighted by Gasteiger charge is -2.04. The molecular formula is C13H16N2O4. The molecule has 1 aromatic rings. The van der Waals surface area contributed by atoms with E-state index >= 15 is 0 Å². The minimum atomic E-state index is -0.586. The highest BCUT2D eigenvalue weighted by Gasteiger charge is 2.15. The molecule has 0 saturated carbocycles. The van der Waals surface area contributed by atoms with Gasteiger partial charge < -0.3 is 10.1 Å². The summed E-state index contributed by atoms with van der Waals surface area (Å²) in [5.41, 5.74) is 0.665. The van der Waals surface area contributed by atoms with Crippen LogP contribution in [-0.2, 0) is 4.74 Å². The Bertz CT molecular complexity index is 497. The van der Waals surface area contributed by atoms with E-state index in [1.807, 2.05) is 13.1 Å². The highest BCUT2D eigenvalue weighted by Crippen LogP contribution is 2.20. The van der Waals surface area contributed by atoms with Gasteiger partial charge in [0.05, 0.1) is 17.6 Å². The van der Waals surface area contributed by atoms with Gasteiger partial charge in [0.15, 0.2) is 0 Å². The first kappa shape index (κ1) is 14.8. The minimum absolute atomic E-state index is 0.132. The summed E-state index contributed by atoms with van der Waals surface area (Å²) in [7, 11) is 3.09. The smallest absolute Gasteiger partial charge is 0.338 e. The lowest BCUT2D eigenvalue weighted by atomic mass is 10.1. The first-order valence-corrected chi connectivity index (χ1v) is 5.78. The van der Waals surface area contributed by atoms with Gasteiger partial charge in [-0.25, -0.2) is 4.79 Å². The molecule has 0 radical (unpaired) electrons. The second-order valence-electron chi connectivity index (χ2n) is 3.81. The maximum atomic E-state index is 11.6. The van der Waals surface area contributed by atoms with E-state index in [0.717, 1.165) is 13.0 Å². The minimum Gasteiger partial charge on any atom is -0.465 e. The van der Waals surface area contributed by atoms with Crippen LogP contribution >= 0.6 is 0 Å². The van der Waals surface area contributed by atoms with Gasteiger partial charge in [-0.1, -0.05) is 12.2 Å². The number of nitro benzene ring substituents is 1. The number of nitro groups is 1. The van der Waals surface area contributed by atoms with Crippen LogP contribution in [-0.4, -0.2) is 31.6 Å². The molecule has 0 aliphatic heterocycles. The van der Waals surface area contributed by atoms with Gasteiger partial charge in [-0.15, -0.1) is 0 Å².